The van der Waals surface area contributed by atoms with Crippen LogP contribution in [0.15, 0.2) is 30.6 Å². The lowest BCUT2D eigenvalue weighted by atomic mass is 10.2. The minimum atomic E-state index is -0.369. The summed E-state index contributed by atoms with van der Waals surface area (Å²) in [5.41, 5.74) is 2.21. The van der Waals surface area contributed by atoms with Gasteiger partial charge < -0.3 is 18.6 Å². The first-order valence-corrected chi connectivity index (χ1v) is 9.86. The summed E-state index contributed by atoms with van der Waals surface area (Å²) in [7, 11) is 0. The van der Waals surface area contributed by atoms with E-state index in [1.54, 1.807) is 0 Å². The summed E-state index contributed by atoms with van der Waals surface area (Å²) in [6.07, 6.45) is 4.83. The Bertz CT molecular complexity index is 1050. The maximum absolute atomic E-state index is 14.5. The topological polar surface area (TPSA) is 61.1 Å². The lowest BCUT2D eigenvalue weighted by Gasteiger charge is -2.22. The molecular formula is C21H23FN4O3. The quantitative estimate of drug-likeness (QED) is 0.673. The lowest BCUT2D eigenvalue weighted by Crippen LogP contribution is -2.29. The van der Waals surface area contributed by atoms with Crippen LogP contribution in [0.1, 0.15) is 24.7 Å². The Hall–Kier alpha value is -2.87. The number of nitrogens with zero attached hydrogens (tertiary/aromatic N) is 4. The largest absolute Gasteiger partial charge is 0.489 e. The summed E-state index contributed by atoms with van der Waals surface area (Å²) in [4.78, 5) is 11.0. The molecule has 5 heterocycles. The molecule has 0 saturated carbocycles. The highest BCUT2D eigenvalue weighted by Gasteiger charge is 2.32. The van der Waals surface area contributed by atoms with Crippen LogP contribution in [0.25, 0.3) is 5.65 Å². The van der Waals surface area contributed by atoms with Crippen LogP contribution in [0, 0.1) is 12.7 Å². The molecule has 0 bridgehead atoms. The molecule has 0 amide bonds. The summed E-state index contributed by atoms with van der Waals surface area (Å²) in [6.45, 7) is 6.05. The van der Waals surface area contributed by atoms with Crippen molar-refractivity contribution in [2.45, 2.75) is 39.0 Å². The first kappa shape index (κ1) is 18.2. The average Bonchev–Trinajstić information content (AvgIpc) is 3.23. The number of hydrogen-bond donors (Lipinski definition) is 0. The van der Waals surface area contributed by atoms with Crippen LogP contribution >= 0.6 is 0 Å². The summed E-state index contributed by atoms with van der Waals surface area (Å²) in [5, 5.41) is 0. The van der Waals surface area contributed by atoms with Gasteiger partial charge in [-0.05, 0) is 19.9 Å². The minimum absolute atomic E-state index is 0.0313. The van der Waals surface area contributed by atoms with Gasteiger partial charge in [-0.15, -0.1) is 0 Å². The molecule has 2 atom stereocenters. The first-order chi connectivity index (χ1) is 14.0. The van der Waals surface area contributed by atoms with E-state index >= 15 is 0 Å². The van der Waals surface area contributed by atoms with Crippen molar-refractivity contribution in [3.63, 3.8) is 0 Å². The lowest BCUT2D eigenvalue weighted by molar-refractivity contribution is 0.160. The second-order valence-corrected chi connectivity index (χ2v) is 7.68. The van der Waals surface area contributed by atoms with Gasteiger partial charge in [0.15, 0.2) is 5.75 Å². The number of hydrogen-bond acceptors (Lipinski definition) is 6. The van der Waals surface area contributed by atoms with Gasteiger partial charge in [0.25, 0.3) is 5.88 Å². The van der Waals surface area contributed by atoms with E-state index < -0.39 is 0 Å². The molecule has 0 aliphatic carbocycles. The number of aromatic nitrogens is 3. The van der Waals surface area contributed by atoms with Crippen molar-refractivity contribution in [3.8, 4) is 17.4 Å². The number of likely N-dealkylation sites (tertiary alicyclic amines) is 1. The highest BCUT2D eigenvalue weighted by Crippen LogP contribution is 2.31. The van der Waals surface area contributed by atoms with Gasteiger partial charge in [0.1, 0.15) is 36.5 Å². The average molecular weight is 398 g/mol. The summed E-state index contributed by atoms with van der Waals surface area (Å²) in [6, 6.07) is 5.52. The number of imidazole rings is 1. The SMILES string of the molecule is Cc1cn2ccc(O[C@@H]3C[C@H](C)N(Cc4nc5c(cc4F)OCCO5)C3)cc2n1. The number of pyridine rings is 2. The van der Waals surface area contributed by atoms with Gasteiger partial charge in [-0.2, -0.15) is 0 Å². The zero-order chi connectivity index (χ0) is 20.0. The molecule has 2 aliphatic rings. The van der Waals surface area contributed by atoms with Crippen LogP contribution < -0.4 is 14.2 Å². The smallest absolute Gasteiger partial charge is 0.257 e. The Morgan fingerprint density at radius 3 is 3.00 bits per heavy atom. The molecule has 2 aliphatic heterocycles. The highest BCUT2D eigenvalue weighted by molar-refractivity contribution is 5.45. The van der Waals surface area contributed by atoms with Crippen molar-refractivity contribution in [3.05, 3.63) is 47.8 Å². The zero-order valence-corrected chi connectivity index (χ0v) is 16.5. The van der Waals surface area contributed by atoms with E-state index in [9.17, 15) is 4.39 Å². The molecule has 0 unspecified atom stereocenters. The molecule has 1 fully saturated rings. The van der Waals surface area contributed by atoms with Gasteiger partial charge in [-0.3, -0.25) is 4.90 Å². The molecule has 5 rings (SSSR count). The monoisotopic (exact) mass is 398 g/mol. The number of halogens is 1. The van der Waals surface area contributed by atoms with E-state index in [-0.39, 0.29) is 18.0 Å². The number of fused-ring (bicyclic) bond motifs is 2. The Kier molecular flexibility index (Phi) is 4.50. The standard InChI is InChI=1S/C21H23FN4O3/c1-13-10-25-4-3-15(8-20(25)23-13)29-16-7-14(2)26(11-16)12-18-17(22)9-19-21(24-18)28-6-5-27-19/h3-4,8-10,14,16H,5-7,11-12H2,1-2H3/t14-,16+/m0/s1. The fourth-order valence-electron chi connectivity index (χ4n) is 4.00. The Balaban J connectivity index is 1.28. The molecule has 7 nitrogen and oxygen atoms in total. The molecule has 0 radical (unpaired) electrons. The van der Waals surface area contributed by atoms with Crippen LogP contribution in [0.3, 0.4) is 0 Å². The number of aryl methyl sites for hydroxylation is 1. The molecule has 152 valence electrons. The predicted octanol–water partition coefficient (Wildman–Crippen LogP) is 2.99. The van der Waals surface area contributed by atoms with E-state index in [0.29, 0.717) is 43.6 Å². The second kappa shape index (κ2) is 7.18. The summed E-state index contributed by atoms with van der Waals surface area (Å²) >= 11 is 0. The van der Waals surface area contributed by atoms with E-state index in [1.807, 2.05) is 35.9 Å². The van der Waals surface area contributed by atoms with Crippen molar-refractivity contribution < 1.29 is 18.6 Å². The maximum Gasteiger partial charge on any atom is 0.257 e. The third-order valence-corrected chi connectivity index (χ3v) is 5.43. The van der Waals surface area contributed by atoms with E-state index in [1.165, 1.54) is 6.07 Å². The summed E-state index contributed by atoms with van der Waals surface area (Å²) < 4.78 is 33.6. The van der Waals surface area contributed by atoms with Gasteiger partial charge >= 0.3 is 0 Å². The normalized spacial score (nSPS) is 21.6. The third-order valence-electron chi connectivity index (χ3n) is 5.43. The van der Waals surface area contributed by atoms with Gasteiger partial charge in [0.2, 0.25) is 0 Å². The van der Waals surface area contributed by atoms with E-state index in [2.05, 4.69) is 21.8 Å². The zero-order valence-electron chi connectivity index (χ0n) is 16.5. The molecule has 0 spiro atoms. The van der Waals surface area contributed by atoms with Gasteiger partial charge in [-0.25, -0.2) is 14.4 Å². The molecule has 0 N–H and O–H groups in total. The van der Waals surface area contributed by atoms with Crippen LogP contribution in [0.2, 0.25) is 0 Å². The van der Waals surface area contributed by atoms with Crippen LogP contribution in [0.5, 0.6) is 17.4 Å². The number of rotatable bonds is 4. The molecular weight excluding hydrogens is 375 g/mol. The van der Waals surface area contributed by atoms with Crippen LogP contribution in [-0.4, -0.2) is 51.2 Å². The maximum atomic E-state index is 14.5. The molecule has 0 aromatic carbocycles. The third kappa shape index (κ3) is 3.60. The molecule has 3 aromatic heterocycles. The molecule has 3 aromatic rings. The van der Waals surface area contributed by atoms with Crippen molar-refractivity contribution >= 4 is 5.65 Å². The van der Waals surface area contributed by atoms with Crippen LogP contribution in [0.4, 0.5) is 4.39 Å². The van der Waals surface area contributed by atoms with E-state index in [0.717, 1.165) is 23.5 Å². The Morgan fingerprint density at radius 1 is 1.24 bits per heavy atom. The molecule has 29 heavy (non-hydrogen) atoms. The minimum Gasteiger partial charge on any atom is -0.489 e. The molecule has 8 heteroatoms. The fourth-order valence-corrected chi connectivity index (χ4v) is 4.00. The van der Waals surface area contributed by atoms with E-state index in [4.69, 9.17) is 14.2 Å². The Labute approximate surface area is 168 Å². The van der Waals surface area contributed by atoms with Crippen LogP contribution in [-0.2, 0) is 6.54 Å². The molecule has 1 saturated heterocycles. The van der Waals surface area contributed by atoms with Gasteiger partial charge in [0, 0.05) is 50.1 Å². The highest BCUT2D eigenvalue weighted by atomic mass is 19.1. The Morgan fingerprint density at radius 2 is 2.10 bits per heavy atom. The predicted molar refractivity (Wildman–Crippen MR) is 104 cm³/mol. The van der Waals surface area contributed by atoms with Crippen molar-refractivity contribution in [1.29, 1.82) is 0 Å². The van der Waals surface area contributed by atoms with Gasteiger partial charge in [0.05, 0.1) is 11.4 Å². The first-order valence-electron chi connectivity index (χ1n) is 9.86. The fraction of sp³-hybridized carbons (Fsp3) is 0.429. The second-order valence-electron chi connectivity index (χ2n) is 7.68. The van der Waals surface area contributed by atoms with Gasteiger partial charge in [-0.1, -0.05) is 0 Å². The van der Waals surface area contributed by atoms with Crippen molar-refractivity contribution in [2.24, 2.45) is 0 Å². The van der Waals surface area contributed by atoms with Crippen molar-refractivity contribution in [1.82, 2.24) is 19.3 Å². The summed E-state index contributed by atoms with van der Waals surface area (Å²) in [5.74, 6) is 1.17. The number of ether oxygens (including phenoxy) is 3. The van der Waals surface area contributed by atoms with Crippen molar-refractivity contribution in [2.75, 3.05) is 19.8 Å².